The minimum Gasteiger partial charge on any atom is -0.479 e. The third-order valence-electron chi connectivity index (χ3n) is 4.66. The Hall–Kier alpha value is -3.52. The van der Waals surface area contributed by atoms with Crippen molar-refractivity contribution in [1.82, 2.24) is 4.98 Å². The average molecular weight is 428 g/mol. The quantitative estimate of drug-likeness (QED) is 0.534. The molecule has 6 nitrogen and oxygen atoms in total. The van der Waals surface area contributed by atoms with Gasteiger partial charge in [0.2, 0.25) is 0 Å². The van der Waals surface area contributed by atoms with Gasteiger partial charge in [-0.2, -0.15) is 4.98 Å². The third-order valence-corrected chi connectivity index (χ3v) is 4.66. The first-order valence-electron chi connectivity index (χ1n) is 9.65. The Bertz CT molecular complexity index is 1100. The largest absolute Gasteiger partial charge is 0.479 e. The van der Waals surface area contributed by atoms with Gasteiger partial charge in [-0.25, -0.2) is 13.6 Å². The molecule has 8 heteroatoms. The molecule has 0 amide bonds. The summed E-state index contributed by atoms with van der Waals surface area (Å²) >= 11 is 0. The van der Waals surface area contributed by atoms with E-state index in [2.05, 4.69) is 4.98 Å². The van der Waals surface area contributed by atoms with E-state index in [0.717, 1.165) is 16.7 Å². The maximum absolute atomic E-state index is 14.3. The fraction of sp³-hybridized carbons (Fsp3) is 0.217. The third kappa shape index (κ3) is 5.16. The van der Waals surface area contributed by atoms with Crippen molar-refractivity contribution in [2.75, 3.05) is 0 Å². The van der Waals surface area contributed by atoms with Gasteiger partial charge < -0.3 is 20.3 Å². The number of nitrogens with zero attached hydrogens (tertiary/aromatic N) is 1. The van der Waals surface area contributed by atoms with Crippen molar-refractivity contribution >= 4 is 5.97 Å². The predicted octanol–water partition coefficient (Wildman–Crippen LogP) is 4.83. The lowest BCUT2D eigenvalue weighted by Gasteiger charge is -2.15. The Morgan fingerprint density at radius 3 is 2.48 bits per heavy atom. The maximum Gasteiger partial charge on any atom is 0.344 e. The van der Waals surface area contributed by atoms with Crippen LogP contribution in [-0.2, 0) is 11.3 Å². The summed E-state index contributed by atoms with van der Waals surface area (Å²) in [4.78, 5) is 14.9. The van der Waals surface area contributed by atoms with Crippen LogP contribution in [0.2, 0.25) is 0 Å². The minimum atomic E-state index is -1.32. The smallest absolute Gasteiger partial charge is 0.344 e. The van der Waals surface area contributed by atoms with E-state index in [1.54, 1.807) is 26.0 Å². The molecule has 0 fully saturated rings. The van der Waals surface area contributed by atoms with Crippen LogP contribution >= 0.6 is 0 Å². The van der Waals surface area contributed by atoms with Gasteiger partial charge in [-0.3, -0.25) is 0 Å². The molecule has 0 saturated heterocycles. The molecule has 0 bridgehead atoms. The van der Waals surface area contributed by atoms with Crippen molar-refractivity contribution in [3.63, 3.8) is 0 Å². The summed E-state index contributed by atoms with van der Waals surface area (Å²) in [5.41, 5.74) is 9.07. The normalized spacial score (nSPS) is 11.8. The molecular formula is C23H22F2N2O4. The van der Waals surface area contributed by atoms with E-state index in [1.165, 1.54) is 0 Å². The molecule has 0 aliphatic rings. The summed E-state index contributed by atoms with van der Waals surface area (Å²) in [5.74, 6) is -4.29. The van der Waals surface area contributed by atoms with Gasteiger partial charge in [0, 0.05) is 12.6 Å². The number of aliphatic carboxylic acids is 1. The van der Waals surface area contributed by atoms with E-state index in [-0.39, 0.29) is 6.42 Å². The van der Waals surface area contributed by atoms with Crippen molar-refractivity contribution in [3.8, 4) is 28.6 Å². The Labute approximate surface area is 178 Å². The lowest BCUT2D eigenvalue weighted by molar-refractivity contribution is -0.145. The SMILES string of the molecule is CCC(Oc1nc(Oc2cc(-c3cccc(CN)c3)ccc2C)c(F)cc1F)C(=O)O. The molecule has 0 aliphatic carbocycles. The van der Waals surface area contributed by atoms with Crippen LogP contribution in [0.15, 0.2) is 48.5 Å². The Morgan fingerprint density at radius 2 is 1.81 bits per heavy atom. The summed E-state index contributed by atoms with van der Waals surface area (Å²) < 4.78 is 39.1. The molecule has 0 spiro atoms. The zero-order chi connectivity index (χ0) is 22.5. The highest BCUT2D eigenvalue weighted by Crippen LogP contribution is 2.33. The number of nitrogens with two attached hydrogens (primary N) is 1. The number of carbonyl (C=O) groups is 1. The molecule has 0 aliphatic heterocycles. The van der Waals surface area contributed by atoms with Gasteiger partial charge in [-0.15, -0.1) is 0 Å². The molecule has 0 saturated carbocycles. The number of rotatable bonds is 8. The van der Waals surface area contributed by atoms with Gasteiger partial charge in [0.15, 0.2) is 17.7 Å². The molecule has 162 valence electrons. The van der Waals surface area contributed by atoms with Crippen LogP contribution in [0.1, 0.15) is 24.5 Å². The fourth-order valence-electron chi connectivity index (χ4n) is 2.90. The monoisotopic (exact) mass is 428 g/mol. The molecule has 1 aromatic heterocycles. The fourth-order valence-corrected chi connectivity index (χ4v) is 2.90. The number of aryl methyl sites for hydroxylation is 1. The van der Waals surface area contributed by atoms with E-state index in [0.29, 0.717) is 23.9 Å². The highest BCUT2D eigenvalue weighted by molar-refractivity contribution is 5.72. The van der Waals surface area contributed by atoms with Crippen molar-refractivity contribution in [2.24, 2.45) is 5.73 Å². The zero-order valence-corrected chi connectivity index (χ0v) is 17.1. The first-order valence-corrected chi connectivity index (χ1v) is 9.65. The van der Waals surface area contributed by atoms with Gasteiger partial charge in [0.05, 0.1) is 0 Å². The Balaban J connectivity index is 1.94. The van der Waals surface area contributed by atoms with Gasteiger partial charge in [0.25, 0.3) is 11.8 Å². The van der Waals surface area contributed by atoms with Crippen molar-refractivity contribution in [2.45, 2.75) is 32.9 Å². The van der Waals surface area contributed by atoms with Crippen LogP contribution < -0.4 is 15.2 Å². The highest BCUT2D eigenvalue weighted by Gasteiger charge is 2.22. The number of benzene rings is 2. The van der Waals surface area contributed by atoms with Crippen molar-refractivity contribution < 1.29 is 28.2 Å². The predicted molar refractivity (Wildman–Crippen MR) is 111 cm³/mol. The van der Waals surface area contributed by atoms with Crippen LogP contribution in [0, 0.1) is 18.6 Å². The lowest BCUT2D eigenvalue weighted by Crippen LogP contribution is -2.26. The zero-order valence-electron chi connectivity index (χ0n) is 17.1. The van der Waals surface area contributed by atoms with Gasteiger partial charge in [0.1, 0.15) is 5.75 Å². The number of pyridine rings is 1. The number of halogens is 2. The van der Waals surface area contributed by atoms with Crippen molar-refractivity contribution in [1.29, 1.82) is 0 Å². The second-order valence-electron chi connectivity index (χ2n) is 6.90. The maximum atomic E-state index is 14.3. The van der Waals surface area contributed by atoms with E-state index >= 15 is 0 Å². The Morgan fingerprint density at radius 1 is 1.10 bits per heavy atom. The lowest BCUT2D eigenvalue weighted by atomic mass is 10.0. The summed E-state index contributed by atoms with van der Waals surface area (Å²) in [6.07, 6.45) is -1.24. The number of hydrogen-bond donors (Lipinski definition) is 2. The molecule has 1 heterocycles. The molecule has 3 N–H and O–H groups in total. The highest BCUT2D eigenvalue weighted by atomic mass is 19.1. The standard InChI is InChI=1S/C23H22F2N2O4/c1-3-19(23(28)29)30-21-17(24)11-18(25)22(27-21)31-20-10-16(8-7-13(20)2)15-6-4-5-14(9-15)12-26/h4-11,19H,3,12,26H2,1-2H3,(H,28,29). The molecule has 31 heavy (non-hydrogen) atoms. The molecule has 1 atom stereocenters. The van der Waals surface area contributed by atoms with E-state index in [4.69, 9.17) is 20.3 Å². The molecule has 3 aromatic rings. The van der Waals surface area contributed by atoms with E-state index in [9.17, 15) is 13.6 Å². The average Bonchev–Trinajstić information content (AvgIpc) is 2.75. The minimum absolute atomic E-state index is 0.0764. The molecule has 3 rings (SSSR count). The van der Waals surface area contributed by atoms with Crippen LogP contribution in [0.5, 0.6) is 17.5 Å². The van der Waals surface area contributed by atoms with Crippen LogP contribution in [-0.4, -0.2) is 22.2 Å². The first-order chi connectivity index (χ1) is 14.8. The van der Waals surface area contributed by atoms with E-state index < -0.39 is 35.5 Å². The Kier molecular flexibility index (Phi) is 6.81. The van der Waals surface area contributed by atoms with Crippen LogP contribution in [0.3, 0.4) is 0 Å². The molecule has 1 unspecified atom stereocenters. The number of aromatic nitrogens is 1. The molecule has 2 aromatic carbocycles. The van der Waals surface area contributed by atoms with Crippen molar-refractivity contribution in [3.05, 3.63) is 71.3 Å². The van der Waals surface area contributed by atoms with Gasteiger partial charge in [-0.05, 0) is 47.7 Å². The molecule has 0 radical (unpaired) electrons. The summed E-state index contributed by atoms with van der Waals surface area (Å²) in [7, 11) is 0. The summed E-state index contributed by atoms with van der Waals surface area (Å²) in [5, 5.41) is 9.11. The van der Waals surface area contributed by atoms with Crippen LogP contribution in [0.25, 0.3) is 11.1 Å². The molecular weight excluding hydrogens is 406 g/mol. The van der Waals surface area contributed by atoms with E-state index in [1.807, 2.05) is 30.3 Å². The number of carboxylic acid groups (broad SMARTS) is 1. The van der Waals surface area contributed by atoms with Crippen LogP contribution in [0.4, 0.5) is 8.78 Å². The summed E-state index contributed by atoms with van der Waals surface area (Å²) in [6, 6.07) is 13.6. The number of ether oxygens (including phenoxy) is 2. The number of carboxylic acids is 1. The second-order valence-corrected chi connectivity index (χ2v) is 6.90. The number of hydrogen-bond acceptors (Lipinski definition) is 5. The first kappa shape index (κ1) is 22.2. The van der Waals surface area contributed by atoms with Gasteiger partial charge in [-0.1, -0.05) is 37.3 Å². The van der Waals surface area contributed by atoms with Gasteiger partial charge >= 0.3 is 5.97 Å². The summed E-state index contributed by atoms with van der Waals surface area (Å²) in [6.45, 7) is 3.73. The second kappa shape index (κ2) is 9.53. The topological polar surface area (TPSA) is 94.7 Å².